The quantitative estimate of drug-likeness (QED) is 0.539. The van der Waals surface area contributed by atoms with Crippen molar-refractivity contribution in [3.63, 3.8) is 0 Å². The molecule has 0 radical (unpaired) electrons. The highest BCUT2D eigenvalue weighted by atomic mass is 15.2. The van der Waals surface area contributed by atoms with E-state index in [4.69, 9.17) is 4.99 Å². The molecule has 2 aromatic rings. The summed E-state index contributed by atoms with van der Waals surface area (Å²) in [5.41, 5.74) is 3.07. The van der Waals surface area contributed by atoms with Crippen LogP contribution in [0, 0.1) is 0 Å². The number of allylic oxidation sites excluding steroid dienone is 1. The Morgan fingerprint density at radius 1 is 1.04 bits per heavy atom. The Kier molecular flexibility index (Phi) is 5.93. The van der Waals surface area contributed by atoms with Crippen molar-refractivity contribution in [2.45, 2.75) is 19.9 Å². The maximum Gasteiger partial charge on any atom is 0.129 e. The van der Waals surface area contributed by atoms with Gasteiger partial charge in [0, 0.05) is 7.05 Å². The minimum absolute atomic E-state index is 0.231. The Morgan fingerprint density at radius 3 is 2.17 bits per heavy atom. The molecule has 0 bridgehead atoms. The van der Waals surface area contributed by atoms with Crippen LogP contribution >= 0.6 is 0 Å². The van der Waals surface area contributed by atoms with E-state index in [0.29, 0.717) is 0 Å². The zero-order valence-electron chi connectivity index (χ0n) is 14.1. The van der Waals surface area contributed by atoms with Gasteiger partial charge in [-0.05, 0) is 31.1 Å². The first-order chi connectivity index (χ1) is 11.1. The second kappa shape index (κ2) is 8.14. The van der Waals surface area contributed by atoms with Crippen LogP contribution < -0.4 is 0 Å². The topological polar surface area (TPSA) is 15.6 Å². The van der Waals surface area contributed by atoms with Crippen molar-refractivity contribution in [1.29, 1.82) is 0 Å². The molecule has 0 aromatic heterocycles. The molecule has 0 heterocycles. The van der Waals surface area contributed by atoms with E-state index in [1.807, 2.05) is 55.5 Å². The number of aliphatic imine (C=N–C) groups is 1. The molecular formula is C21H24N2. The lowest BCUT2D eigenvalue weighted by Gasteiger charge is -2.27. The van der Waals surface area contributed by atoms with Gasteiger partial charge in [-0.2, -0.15) is 0 Å². The van der Waals surface area contributed by atoms with Crippen LogP contribution in [-0.4, -0.2) is 17.8 Å². The van der Waals surface area contributed by atoms with Crippen LogP contribution in [0.4, 0.5) is 0 Å². The van der Waals surface area contributed by atoms with Crippen LogP contribution in [-0.2, 0) is 0 Å². The average Bonchev–Trinajstić information content (AvgIpc) is 2.61. The Labute approximate surface area is 139 Å². The van der Waals surface area contributed by atoms with Crippen molar-refractivity contribution >= 4 is 11.5 Å². The van der Waals surface area contributed by atoms with Crippen LogP contribution in [0.15, 0.2) is 84.4 Å². The largest absolute Gasteiger partial charge is 0.353 e. The molecular weight excluding hydrogens is 280 g/mol. The second-order valence-corrected chi connectivity index (χ2v) is 5.48. The summed E-state index contributed by atoms with van der Waals surface area (Å²) in [6, 6.07) is 20.7. The Hall–Kier alpha value is -2.61. The van der Waals surface area contributed by atoms with Crippen molar-refractivity contribution in [1.82, 2.24) is 4.90 Å². The number of hydrogen-bond donors (Lipinski definition) is 0. The molecule has 2 rings (SSSR count). The highest BCUT2D eigenvalue weighted by Gasteiger charge is 2.14. The zero-order chi connectivity index (χ0) is 16.7. The fraction of sp³-hybridized carbons (Fsp3) is 0.190. The summed E-state index contributed by atoms with van der Waals surface area (Å²) in [4.78, 5) is 6.91. The molecule has 1 unspecified atom stereocenters. The zero-order valence-corrected chi connectivity index (χ0v) is 14.1. The molecule has 2 nitrogen and oxygen atoms in total. The third-order valence-electron chi connectivity index (χ3n) is 3.90. The van der Waals surface area contributed by atoms with Crippen LogP contribution in [0.5, 0.6) is 0 Å². The van der Waals surface area contributed by atoms with Crippen molar-refractivity contribution < 1.29 is 0 Å². The molecule has 0 aliphatic carbocycles. The van der Waals surface area contributed by atoms with Gasteiger partial charge >= 0.3 is 0 Å². The maximum atomic E-state index is 4.74. The minimum Gasteiger partial charge on any atom is -0.353 e. The van der Waals surface area contributed by atoms with Gasteiger partial charge in [0.2, 0.25) is 0 Å². The number of benzene rings is 2. The first-order valence-corrected chi connectivity index (χ1v) is 7.87. The van der Waals surface area contributed by atoms with Gasteiger partial charge in [-0.15, -0.1) is 0 Å². The summed E-state index contributed by atoms with van der Waals surface area (Å²) in [6.45, 7) is 8.30. The normalized spacial score (nSPS) is 13.1. The van der Waals surface area contributed by atoms with Gasteiger partial charge in [0.15, 0.2) is 0 Å². The molecule has 118 valence electrons. The second-order valence-electron chi connectivity index (χ2n) is 5.48. The summed E-state index contributed by atoms with van der Waals surface area (Å²) in [5.74, 6) is 0.901. The molecule has 0 saturated carbocycles. The predicted molar refractivity (Wildman–Crippen MR) is 100 cm³/mol. The SMILES string of the molecule is C=C(/N=C(/C=C\C)N(C)C(C)c1ccccc1)c1ccccc1. The Bertz CT molecular complexity index is 684. The van der Waals surface area contributed by atoms with Crippen LogP contribution in [0.25, 0.3) is 5.70 Å². The molecule has 1 atom stereocenters. The fourth-order valence-electron chi connectivity index (χ4n) is 2.37. The van der Waals surface area contributed by atoms with E-state index in [1.54, 1.807) is 0 Å². The predicted octanol–water partition coefficient (Wildman–Crippen LogP) is 5.32. The number of amidine groups is 1. The van der Waals surface area contributed by atoms with Gasteiger partial charge in [0.1, 0.15) is 5.84 Å². The number of nitrogens with zero attached hydrogens (tertiary/aromatic N) is 2. The Balaban J connectivity index is 2.27. The van der Waals surface area contributed by atoms with Crippen molar-refractivity contribution in [3.05, 3.63) is 90.5 Å². The van der Waals surface area contributed by atoms with Crippen molar-refractivity contribution in [2.24, 2.45) is 4.99 Å². The molecule has 0 aliphatic rings. The molecule has 2 aromatic carbocycles. The van der Waals surface area contributed by atoms with Crippen LogP contribution in [0.1, 0.15) is 31.0 Å². The van der Waals surface area contributed by atoms with Gasteiger partial charge in [-0.3, -0.25) is 0 Å². The molecule has 0 N–H and O–H groups in total. The maximum absolute atomic E-state index is 4.74. The third-order valence-corrected chi connectivity index (χ3v) is 3.90. The molecule has 0 saturated heterocycles. The Morgan fingerprint density at radius 2 is 1.61 bits per heavy atom. The van der Waals surface area contributed by atoms with Gasteiger partial charge in [-0.1, -0.05) is 73.3 Å². The summed E-state index contributed by atoms with van der Waals surface area (Å²) in [6.07, 6.45) is 4.03. The first-order valence-electron chi connectivity index (χ1n) is 7.87. The van der Waals surface area contributed by atoms with Gasteiger partial charge in [-0.25, -0.2) is 4.99 Å². The lowest BCUT2D eigenvalue weighted by atomic mass is 10.1. The standard InChI is InChI=1S/C21H24N2/c1-5-12-21(22-17(2)19-13-8-6-9-14-19)23(4)18(3)20-15-10-7-11-16-20/h5-16,18H,2H2,1,3-4H3/b12-5-,22-21-. The van der Waals surface area contributed by atoms with E-state index in [1.165, 1.54) is 5.56 Å². The first kappa shape index (κ1) is 16.8. The smallest absolute Gasteiger partial charge is 0.129 e. The van der Waals surface area contributed by atoms with Crippen molar-refractivity contribution in [2.75, 3.05) is 7.05 Å². The third kappa shape index (κ3) is 4.43. The molecule has 2 heteroatoms. The summed E-state index contributed by atoms with van der Waals surface area (Å²) < 4.78 is 0. The van der Waals surface area contributed by atoms with Gasteiger partial charge in [0.05, 0.1) is 11.7 Å². The van der Waals surface area contributed by atoms with Crippen molar-refractivity contribution in [3.8, 4) is 0 Å². The summed E-state index contributed by atoms with van der Waals surface area (Å²) in [7, 11) is 2.06. The fourth-order valence-corrected chi connectivity index (χ4v) is 2.37. The van der Waals surface area contributed by atoms with E-state index in [0.717, 1.165) is 17.1 Å². The molecule has 0 aliphatic heterocycles. The van der Waals surface area contributed by atoms with Crippen LogP contribution in [0.2, 0.25) is 0 Å². The number of hydrogen-bond acceptors (Lipinski definition) is 1. The number of rotatable bonds is 5. The lowest BCUT2D eigenvalue weighted by molar-refractivity contribution is 0.404. The summed E-state index contributed by atoms with van der Waals surface area (Å²) >= 11 is 0. The minimum atomic E-state index is 0.231. The van der Waals surface area contributed by atoms with Gasteiger partial charge in [0.25, 0.3) is 0 Å². The monoisotopic (exact) mass is 304 g/mol. The van der Waals surface area contributed by atoms with E-state index in [-0.39, 0.29) is 6.04 Å². The highest BCUT2D eigenvalue weighted by molar-refractivity contribution is 5.96. The van der Waals surface area contributed by atoms with E-state index < -0.39 is 0 Å². The summed E-state index contributed by atoms with van der Waals surface area (Å²) in [5, 5.41) is 0. The molecule has 0 fully saturated rings. The molecule has 23 heavy (non-hydrogen) atoms. The highest BCUT2D eigenvalue weighted by Crippen LogP contribution is 2.21. The van der Waals surface area contributed by atoms with E-state index in [2.05, 4.69) is 49.7 Å². The molecule has 0 spiro atoms. The van der Waals surface area contributed by atoms with Gasteiger partial charge < -0.3 is 4.90 Å². The number of likely N-dealkylation sites (N-methyl/N-ethyl adjacent to an activating group) is 1. The van der Waals surface area contributed by atoms with E-state index >= 15 is 0 Å². The van der Waals surface area contributed by atoms with Crippen LogP contribution in [0.3, 0.4) is 0 Å². The average molecular weight is 304 g/mol. The molecule has 0 amide bonds. The lowest BCUT2D eigenvalue weighted by Crippen LogP contribution is -2.28. The van der Waals surface area contributed by atoms with E-state index in [9.17, 15) is 0 Å².